The smallest absolute Gasteiger partial charge is 0.306 e. The fraction of sp³-hybridized carbons (Fsp3) is 0.857. The van der Waals surface area contributed by atoms with Crippen molar-refractivity contribution in [2.75, 3.05) is 0 Å². The maximum absolute atomic E-state index is 11.0. The van der Waals surface area contributed by atoms with Gasteiger partial charge in [-0.2, -0.15) is 0 Å². The maximum atomic E-state index is 11.0. The fourth-order valence-corrected chi connectivity index (χ4v) is 2.04. The topological polar surface area (TPSA) is 74.6 Å². The number of carboxylic acid groups (broad SMARTS) is 2. The molecular formula is C14H26O4. The van der Waals surface area contributed by atoms with Crippen molar-refractivity contribution in [1.82, 2.24) is 0 Å². The molecule has 0 fully saturated rings. The van der Waals surface area contributed by atoms with Crippen molar-refractivity contribution in [2.45, 2.75) is 65.2 Å². The van der Waals surface area contributed by atoms with Gasteiger partial charge >= 0.3 is 11.9 Å². The van der Waals surface area contributed by atoms with Gasteiger partial charge in [0, 0.05) is 0 Å². The minimum atomic E-state index is -0.913. The number of hydrogen-bond donors (Lipinski definition) is 2. The van der Waals surface area contributed by atoms with Crippen LogP contribution in [0.25, 0.3) is 0 Å². The highest BCUT2D eigenvalue weighted by Crippen LogP contribution is 2.20. The summed E-state index contributed by atoms with van der Waals surface area (Å²) >= 11 is 0. The highest BCUT2D eigenvalue weighted by Gasteiger charge is 2.23. The minimum Gasteiger partial charge on any atom is -0.481 e. The number of carboxylic acids is 2. The molecule has 4 heteroatoms. The van der Waals surface area contributed by atoms with Crippen molar-refractivity contribution in [3.05, 3.63) is 0 Å². The average Bonchev–Trinajstić information content (AvgIpc) is 2.31. The van der Waals surface area contributed by atoms with Gasteiger partial charge in [-0.25, -0.2) is 0 Å². The highest BCUT2D eigenvalue weighted by molar-refractivity contribution is 5.73. The van der Waals surface area contributed by atoms with Gasteiger partial charge < -0.3 is 10.2 Å². The third kappa shape index (κ3) is 8.09. The molecule has 0 aromatic heterocycles. The first kappa shape index (κ1) is 16.9. The largest absolute Gasteiger partial charge is 0.481 e. The zero-order valence-electron chi connectivity index (χ0n) is 11.5. The van der Waals surface area contributed by atoms with Gasteiger partial charge in [0.1, 0.15) is 0 Å². The Kier molecular flexibility index (Phi) is 9.33. The molecule has 0 saturated heterocycles. The van der Waals surface area contributed by atoms with Crippen LogP contribution in [0.3, 0.4) is 0 Å². The molecule has 18 heavy (non-hydrogen) atoms. The Morgan fingerprint density at radius 3 is 2.00 bits per heavy atom. The molecule has 0 aliphatic heterocycles. The van der Waals surface area contributed by atoms with Crippen LogP contribution in [0.2, 0.25) is 0 Å². The first-order chi connectivity index (χ1) is 8.49. The molecule has 0 aliphatic rings. The average molecular weight is 258 g/mol. The van der Waals surface area contributed by atoms with Gasteiger partial charge in [-0.15, -0.1) is 0 Å². The van der Waals surface area contributed by atoms with Gasteiger partial charge in [0.15, 0.2) is 0 Å². The SMILES string of the molecule is CCCCCCCCC(CC(C)C(=O)O)C(=O)O. The summed E-state index contributed by atoms with van der Waals surface area (Å²) in [5, 5.41) is 17.8. The monoisotopic (exact) mass is 258 g/mol. The van der Waals surface area contributed by atoms with E-state index in [1.807, 2.05) is 0 Å². The Bertz CT molecular complexity index is 250. The molecule has 0 radical (unpaired) electrons. The van der Waals surface area contributed by atoms with E-state index in [2.05, 4.69) is 6.92 Å². The Labute approximate surface area is 109 Å². The zero-order chi connectivity index (χ0) is 14.0. The van der Waals surface area contributed by atoms with Gasteiger partial charge in [-0.05, 0) is 12.8 Å². The van der Waals surface area contributed by atoms with Crippen molar-refractivity contribution < 1.29 is 19.8 Å². The summed E-state index contributed by atoms with van der Waals surface area (Å²) < 4.78 is 0. The van der Waals surface area contributed by atoms with Gasteiger partial charge in [0.25, 0.3) is 0 Å². The molecule has 0 rings (SSSR count). The summed E-state index contributed by atoms with van der Waals surface area (Å²) in [5.74, 6) is -2.87. The van der Waals surface area contributed by atoms with Crippen molar-refractivity contribution in [1.29, 1.82) is 0 Å². The lowest BCUT2D eigenvalue weighted by Gasteiger charge is -2.14. The standard InChI is InChI=1S/C14H26O4/c1-3-4-5-6-7-8-9-12(14(17)18)10-11(2)13(15)16/h11-12H,3-10H2,1-2H3,(H,15,16)(H,17,18). The summed E-state index contributed by atoms with van der Waals surface area (Å²) in [5.41, 5.74) is 0. The number of carbonyl (C=O) groups is 2. The van der Waals surface area contributed by atoms with E-state index in [9.17, 15) is 9.59 Å². The number of rotatable bonds is 11. The number of hydrogen-bond acceptors (Lipinski definition) is 2. The van der Waals surface area contributed by atoms with Crippen molar-refractivity contribution in [2.24, 2.45) is 11.8 Å². The van der Waals surface area contributed by atoms with Crippen LogP contribution < -0.4 is 0 Å². The molecule has 0 aromatic carbocycles. The molecule has 0 saturated carbocycles. The molecule has 106 valence electrons. The van der Waals surface area contributed by atoms with Crippen molar-refractivity contribution in [3.63, 3.8) is 0 Å². The summed E-state index contributed by atoms with van der Waals surface area (Å²) in [7, 11) is 0. The molecule has 0 aliphatic carbocycles. The van der Waals surface area contributed by atoms with Gasteiger partial charge in [0.2, 0.25) is 0 Å². The van der Waals surface area contributed by atoms with Gasteiger partial charge in [-0.3, -0.25) is 9.59 Å². The second-order valence-corrected chi connectivity index (χ2v) is 5.07. The number of aliphatic carboxylic acids is 2. The molecule has 2 atom stereocenters. The Morgan fingerprint density at radius 2 is 1.50 bits per heavy atom. The molecule has 0 spiro atoms. The zero-order valence-corrected chi connectivity index (χ0v) is 11.5. The summed E-state index contributed by atoms with van der Waals surface area (Å²) in [6, 6.07) is 0. The van der Waals surface area contributed by atoms with Crippen LogP contribution in [-0.4, -0.2) is 22.2 Å². The highest BCUT2D eigenvalue weighted by atomic mass is 16.4. The summed E-state index contributed by atoms with van der Waals surface area (Å²) in [6.07, 6.45) is 7.55. The second kappa shape index (κ2) is 9.92. The van der Waals surface area contributed by atoms with Crippen LogP contribution in [0, 0.1) is 11.8 Å². The second-order valence-electron chi connectivity index (χ2n) is 5.07. The lowest BCUT2D eigenvalue weighted by molar-refractivity contribution is -0.145. The molecule has 0 amide bonds. The van der Waals surface area contributed by atoms with Crippen LogP contribution in [0.15, 0.2) is 0 Å². The lowest BCUT2D eigenvalue weighted by Crippen LogP contribution is -2.21. The molecule has 0 bridgehead atoms. The van der Waals surface area contributed by atoms with Crippen LogP contribution in [-0.2, 0) is 9.59 Å². The van der Waals surface area contributed by atoms with E-state index in [1.165, 1.54) is 19.3 Å². The third-order valence-corrected chi connectivity index (χ3v) is 3.32. The van der Waals surface area contributed by atoms with E-state index < -0.39 is 23.8 Å². The molecule has 0 aromatic rings. The molecule has 4 nitrogen and oxygen atoms in total. The van der Waals surface area contributed by atoms with E-state index in [-0.39, 0.29) is 6.42 Å². The van der Waals surface area contributed by atoms with Crippen LogP contribution >= 0.6 is 0 Å². The third-order valence-electron chi connectivity index (χ3n) is 3.32. The minimum absolute atomic E-state index is 0.236. The summed E-state index contributed by atoms with van der Waals surface area (Å²) in [6.45, 7) is 3.73. The van der Waals surface area contributed by atoms with E-state index in [4.69, 9.17) is 10.2 Å². The Balaban J connectivity index is 3.84. The Morgan fingerprint density at radius 1 is 0.944 bits per heavy atom. The van der Waals surface area contributed by atoms with Gasteiger partial charge in [-0.1, -0.05) is 52.4 Å². The molecule has 2 unspecified atom stereocenters. The fourth-order valence-electron chi connectivity index (χ4n) is 2.04. The molecule has 2 N–H and O–H groups in total. The first-order valence-electron chi connectivity index (χ1n) is 6.94. The van der Waals surface area contributed by atoms with Crippen LogP contribution in [0.4, 0.5) is 0 Å². The van der Waals surface area contributed by atoms with Crippen LogP contribution in [0.1, 0.15) is 65.2 Å². The van der Waals surface area contributed by atoms with Crippen molar-refractivity contribution in [3.8, 4) is 0 Å². The molecule has 0 heterocycles. The predicted octanol–water partition coefficient (Wildman–Crippen LogP) is 3.55. The van der Waals surface area contributed by atoms with E-state index in [0.29, 0.717) is 6.42 Å². The lowest BCUT2D eigenvalue weighted by atomic mass is 9.91. The maximum Gasteiger partial charge on any atom is 0.306 e. The van der Waals surface area contributed by atoms with E-state index in [0.717, 1.165) is 19.3 Å². The predicted molar refractivity (Wildman–Crippen MR) is 70.5 cm³/mol. The summed E-state index contributed by atoms with van der Waals surface area (Å²) in [4.78, 5) is 21.7. The van der Waals surface area contributed by atoms with Gasteiger partial charge in [0.05, 0.1) is 11.8 Å². The van der Waals surface area contributed by atoms with Crippen molar-refractivity contribution >= 4 is 11.9 Å². The Hall–Kier alpha value is -1.06. The quantitative estimate of drug-likeness (QED) is 0.556. The van der Waals surface area contributed by atoms with Crippen LogP contribution in [0.5, 0.6) is 0 Å². The van der Waals surface area contributed by atoms with E-state index in [1.54, 1.807) is 6.92 Å². The number of unbranched alkanes of at least 4 members (excludes halogenated alkanes) is 5. The first-order valence-corrected chi connectivity index (χ1v) is 6.94. The molecular weight excluding hydrogens is 232 g/mol. The normalized spacial score (nSPS) is 14.1. The van der Waals surface area contributed by atoms with E-state index >= 15 is 0 Å².